The lowest BCUT2D eigenvalue weighted by Gasteiger charge is -2.13. The van der Waals surface area contributed by atoms with Gasteiger partial charge in [-0.1, -0.05) is 18.2 Å². The summed E-state index contributed by atoms with van der Waals surface area (Å²) in [7, 11) is -3.82. The molecule has 0 unspecified atom stereocenters. The zero-order valence-corrected chi connectivity index (χ0v) is 13.7. The van der Waals surface area contributed by atoms with Crippen LogP contribution >= 0.6 is 0 Å². The molecular weight excluding hydrogens is 331 g/mol. The summed E-state index contributed by atoms with van der Waals surface area (Å²) in [4.78, 5) is 3.88. The standard InChI is InChI=1S/C16H15FN4O2S/c1-12-8-14(6-7-15(12)17)24(22,23)20-16-5-3-2-4-13(16)9-21-11-18-10-19-21/h2-8,10-11,20H,9H2,1H3. The molecule has 0 spiro atoms. The Balaban J connectivity index is 1.91. The number of anilines is 1. The molecule has 3 rings (SSSR count). The van der Waals surface area contributed by atoms with Crippen molar-refractivity contribution in [3.63, 3.8) is 0 Å². The van der Waals surface area contributed by atoms with Gasteiger partial charge in [-0.25, -0.2) is 22.5 Å². The number of aromatic nitrogens is 3. The molecule has 1 N–H and O–H groups in total. The lowest BCUT2D eigenvalue weighted by molar-refractivity contribution is 0.598. The molecule has 8 heteroatoms. The molecule has 0 radical (unpaired) electrons. The monoisotopic (exact) mass is 346 g/mol. The first-order valence-corrected chi connectivity index (χ1v) is 8.63. The average Bonchev–Trinajstić information content (AvgIpc) is 3.04. The normalized spacial score (nSPS) is 11.4. The second-order valence-corrected chi connectivity index (χ2v) is 6.95. The van der Waals surface area contributed by atoms with Gasteiger partial charge in [0.25, 0.3) is 10.0 Å². The molecule has 3 aromatic rings. The van der Waals surface area contributed by atoms with Gasteiger partial charge in [0.1, 0.15) is 18.5 Å². The van der Waals surface area contributed by atoms with Crippen LogP contribution in [-0.4, -0.2) is 23.2 Å². The molecule has 2 aromatic carbocycles. The summed E-state index contributed by atoms with van der Waals surface area (Å²) in [6, 6.07) is 10.7. The molecule has 0 saturated heterocycles. The molecule has 124 valence electrons. The van der Waals surface area contributed by atoms with Crippen LogP contribution in [-0.2, 0) is 16.6 Å². The fourth-order valence-electron chi connectivity index (χ4n) is 2.23. The van der Waals surface area contributed by atoms with Gasteiger partial charge in [-0.05, 0) is 42.3 Å². The van der Waals surface area contributed by atoms with E-state index in [9.17, 15) is 12.8 Å². The van der Waals surface area contributed by atoms with Crippen LogP contribution in [0.1, 0.15) is 11.1 Å². The van der Waals surface area contributed by atoms with Gasteiger partial charge in [-0.3, -0.25) is 4.72 Å². The third-order valence-electron chi connectivity index (χ3n) is 3.50. The lowest BCUT2D eigenvalue weighted by atomic mass is 10.2. The smallest absolute Gasteiger partial charge is 0.261 e. The number of hydrogen-bond acceptors (Lipinski definition) is 4. The van der Waals surface area contributed by atoms with Gasteiger partial charge in [-0.15, -0.1) is 0 Å². The van der Waals surface area contributed by atoms with Crippen LogP contribution in [0.5, 0.6) is 0 Å². The Kier molecular flexibility index (Phi) is 4.30. The molecule has 0 bridgehead atoms. The second kappa shape index (κ2) is 6.40. The number of aryl methyl sites for hydroxylation is 1. The van der Waals surface area contributed by atoms with E-state index < -0.39 is 15.8 Å². The van der Waals surface area contributed by atoms with Crippen molar-refractivity contribution in [3.8, 4) is 0 Å². The molecule has 24 heavy (non-hydrogen) atoms. The van der Waals surface area contributed by atoms with Crippen molar-refractivity contribution in [2.24, 2.45) is 0 Å². The average molecular weight is 346 g/mol. The van der Waals surface area contributed by atoms with E-state index in [-0.39, 0.29) is 10.5 Å². The first-order chi connectivity index (χ1) is 11.5. The van der Waals surface area contributed by atoms with Gasteiger partial charge in [0.05, 0.1) is 17.1 Å². The van der Waals surface area contributed by atoms with Crippen LogP contribution in [0.3, 0.4) is 0 Å². The molecule has 0 aliphatic heterocycles. The SMILES string of the molecule is Cc1cc(S(=O)(=O)Nc2ccccc2Cn2cncn2)ccc1F. The van der Waals surface area contributed by atoms with Gasteiger partial charge >= 0.3 is 0 Å². The van der Waals surface area contributed by atoms with Gasteiger partial charge < -0.3 is 0 Å². The van der Waals surface area contributed by atoms with Gasteiger partial charge in [0, 0.05) is 0 Å². The Morgan fingerprint density at radius 2 is 2.00 bits per heavy atom. The summed E-state index contributed by atoms with van der Waals surface area (Å²) < 4.78 is 42.6. The Morgan fingerprint density at radius 3 is 2.71 bits per heavy atom. The minimum absolute atomic E-state index is 0.0111. The van der Waals surface area contributed by atoms with E-state index in [1.807, 2.05) is 6.07 Å². The molecule has 1 aromatic heterocycles. The maximum Gasteiger partial charge on any atom is 0.261 e. The first kappa shape index (κ1) is 16.1. The molecule has 0 fully saturated rings. The van der Waals surface area contributed by atoms with Crippen LogP contribution in [0.25, 0.3) is 0 Å². The van der Waals surface area contributed by atoms with Crippen molar-refractivity contribution in [3.05, 3.63) is 72.1 Å². The number of hydrogen-bond donors (Lipinski definition) is 1. The molecule has 6 nitrogen and oxygen atoms in total. The summed E-state index contributed by atoms with van der Waals surface area (Å²) in [6.45, 7) is 1.90. The fraction of sp³-hybridized carbons (Fsp3) is 0.125. The van der Waals surface area contributed by atoms with Crippen molar-refractivity contribution in [2.75, 3.05) is 4.72 Å². The third-order valence-corrected chi connectivity index (χ3v) is 4.86. The molecule has 0 aliphatic rings. The van der Waals surface area contributed by atoms with E-state index in [4.69, 9.17) is 0 Å². The maximum atomic E-state index is 13.4. The highest BCUT2D eigenvalue weighted by atomic mass is 32.2. The van der Waals surface area contributed by atoms with Crippen LogP contribution in [0.15, 0.2) is 60.0 Å². The van der Waals surface area contributed by atoms with Crippen LogP contribution in [0, 0.1) is 12.7 Å². The van der Waals surface area contributed by atoms with E-state index >= 15 is 0 Å². The van der Waals surface area contributed by atoms with Gasteiger partial charge in [-0.2, -0.15) is 5.10 Å². The van der Waals surface area contributed by atoms with Crippen LogP contribution < -0.4 is 4.72 Å². The van der Waals surface area contributed by atoms with E-state index in [0.29, 0.717) is 12.2 Å². The summed E-state index contributed by atoms with van der Waals surface area (Å²) in [5.41, 5.74) is 1.45. The zero-order valence-electron chi connectivity index (χ0n) is 12.8. The fourth-order valence-corrected chi connectivity index (χ4v) is 3.42. The Bertz CT molecular complexity index is 956. The second-order valence-electron chi connectivity index (χ2n) is 5.27. The Morgan fingerprint density at radius 1 is 1.21 bits per heavy atom. The summed E-state index contributed by atoms with van der Waals surface area (Å²) in [5.74, 6) is -0.444. The minimum atomic E-state index is -3.82. The van der Waals surface area contributed by atoms with E-state index in [1.165, 1.54) is 25.4 Å². The first-order valence-electron chi connectivity index (χ1n) is 7.15. The van der Waals surface area contributed by atoms with Crippen molar-refractivity contribution in [2.45, 2.75) is 18.4 Å². The largest absolute Gasteiger partial charge is 0.279 e. The molecular formula is C16H15FN4O2S. The number of sulfonamides is 1. The lowest BCUT2D eigenvalue weighted by Crippen LogP contribution is -2.15. The predicted octanol–water partition coefficient (Wildman–Crippen LogP) is 2.57. The third kappa shape index (κ3) is 3.43. The molecule has 1 heterocycles. The number of rotatable bonds is 5. The molecule has 0 amide bonds. The zero-order chi connectivity index (χ0) is 17.2. The topological polar surface area (TPSA) is 76.9 Å². The Hall–Kier alpha value is -2.74. The minimum Gasteiger partial charge on any atom is -0.279 e. The van der Waals surface area contributed by atoms with Crippen molar-refractivity contribution in [1.29, 1.82) is 0 Å². The van der Waals surface area contributed by atoms with E-state index in [1.54, 1.807) is 29.2 Å². The Labute approximate surface area is 139 Å². The molecule has 0 saturated carbocycles. The highest BCUT2D eigenvalue weighted by Crippen LogP contribution is 2.22. The summed E-state index contributed by atoms with van der Waals surface area (Å²) in [6.07, 6.45) is 2.96. The predicted molar refractivity (Wildman–Crippen MR) is 87.5 cm³/mol. The number of para-hydroxylation sites is 1. The van der Waals surface area contributed by atoms with Crippen molar-refractivity contribution in [1.82, 2.24) is 14.8 Å². The van der Waals surface area contributed by atoms with Crippen LogP contribution in [0.2, 0.25) is 0 Å². The van der Waals surface area contributed by atoms with Gasteiger partial charge in [0.2, 0.25) is 0 Å². The van der Waals surface area contributed by atoms with Crippen LogP contribution in [0.4, 0.5) is 10.1 Å². The number of nitrogens with one attached hydrogen (secondary N) is 1. The molecule has 0 aliphatic carbocycles. The van der Waals surface area contributed by atoms with E-state index in [0.717, 1.165) is 11.6 Å². The number of nitrogens with zero attached hydrogens (tertiary/aromatic N) is 3. The highest BCUT2D eigenvalue weighted by Gasteiger charge is 2.17. The maximum absolute atomic E-state index is 13.4. The van der Waals surface area contributed by atoms with Gasteiger partial charge in [0.15, 0.2) is 0 Å². The van der Waals surface area contributed by atoms with E-state index in [2.05, 4.69) is 14.8 Å². The van der Waals surface area contributed by atoms with Crippen molar-refractivity contribution < 1.29 is 12.8 Å². The molecule has 0 atom stereocenters. The van der Waals surface area contributed by atoms with Crippen molar-refractivity contribution >= 4 is 15.7 Å². The highest BCUT2D eigenvalue weighted by molar-refractivity contribution is 7.92. The quantitative estimate of drug-likeness (QED) is 0.770. The summed E-state index contributed by atoms with van der Waals surface area (Å²) in [5, 5.41) is 4.02. The summed E-state index contributed by atoms with van der Waals surface area (Å²) >= 11 is 0. The number of halogens is 1. The number of benzene rings is 2.